The van der Waals surface area contributed by atoms with E-state index in [0.29, 0.717) is 17.8 Å². The largest absolute Gasteiger partial charge is 0.368 e. The number of thioether (sulfide) groups is 1. The molecule has 3 N–H and O–H groups in total. The van der Waals surface area contributed by atoms with E-state index < -0.39 is 0 Å². The van der Waals surface area contributed by atoms with Gasteiger partial charge >= 0.3 is 0 Å². The Balaban J connectivity index is 1.37. The average Bonchev–Trinajstić information content (AvgIpc) is 3.26. The highest BCUT2D eigenvalue weighted by Gasteiger charge is 2.33. The Hall–Kier alpha value is -2.88. The van der Waals surface area contributed by atoms with E-state index in [0.717, 1.165) is 29.9 Å². The van der Waals surface area contributed by atoms with Gasteiger partial charge in [0.25, 0.3) is 0 Å². The molecule has 2 aliphatic rings. The first-order valence-electron chi connectivity index (χ1n) is 10.4. The maximum Gasteiger partial charge on any atom is 0.232 e. The highest BCUT2D eigenvalue weighted by Crippen LogP contribution is 2.43. The second-order valence-corrected chi connectivity index (χ2v) is 9.01. The molecule has 5 rings (SSSR count). The standard InChI is InChI=1S/C20H25N9S/c1-13(16-23-17(21)25-18(24-16)22-14-7-3-2-4-8-14)30-20-27-26-19(28-11-5-6-12-28)29(20)15-9-10-15/h2-4,7-8,13,15H,5-6,9-12H2,1H3,(H3,21,22,23,24,25)/t13-/m0/s1. The van der Waals surface area contributed by atoms with Crippen LogP contribution in [-0.2, 0) is 0 Å². The maximum atomic E-state index is 5.97. The van der Waals surface area contributed by atoms with Crippen molar-refractivity contribution in [2.75, 3.05) is 29.0 Å². The smallest absolute Gasteiger partial charge is 0.232 e. The van der Waals surface area contributed by atoms with Gasteiger partial charge < -0.3 is 16.0 Å². The van der Waals surface area contributed by atoms with Crippen molar-refractivity contribution >= 4 is 35.3 Å². The van der Waals surface area contributed by atoms with E-state index in [-0.39, 0.29) is 11.2 Å². The molecule has 1 saturated carbocycles. The minimum absolute atomic E-state index is 0.0419. The average molecular weight is 424 g/mol. The third-order valence-corrected chi connectivity index (χ3v) is 6.35. The highest BCUT2D eigenvalue weighted by atomic mass is 32.2. The molecule has 0 amide bonds. The molecule has 0 spiro atoms. The molecule has 30 heavy (non-hydrogen) atoms. The van der Waals surface area contributed by atoms with Crippen molar-refractivity contribution in [3.63, 3.8) is 0 Å². The zero-order valence-corrected chi connectivity index (χ0v) is 17.7. The van der Waals surface area contributed by atoms with Gasteiger partial charge in [0, 0.05) is 24.8 Å². The molecule has 2 aromatic heterocycles. The van der Waals surface area contributed by atoms with Crippen LogP contribution in [0.4, 0.5) is 23.5 Å². The van der Waals surface area contributed by atoms with Crippen molar-refractivity contribution in [2.24, 2.45) is 0 Å². The van der Waals surface area contributed by atoms with E-state index >= 15 is 0 Å². The molecule has 0 bridgehead atoms. The van der Waals surface area contributed by atoms with Gasteiger partial charge in [-0.2, -0.15) is 15.0 Å². The normalized spacial score (nSPS) is 17.3. The first kappa shape index (κ1) is 19.1. The van der Waals surface area contributed by atoms with E-state index in [1.54, 1.807) is 11.8 Å². The fraction of sp³-hybridized carbons (Fsp3) is 0.450. The highest BCUT2D eigenvalue weighted by molar-refractivity contribution is 7.99. The summed E-state index contributed by atoms with van der Waals surface area (Å²) in [7, 11) is 0. The topological polar surface area (TPSA) is 111 Å². The molecule has 1 aliphatic heterocycles. The summed E-state index contributed by atoms with van der Waals surface area (Å²) in [6, 6.07) is 10.3. The van der Waals surface area contributed by atoms with Gasteiger partial charge in [-0.15, -0.1) is 10.2 Å². The Morgan fingerprint density at radius 3 is 2.57 bits per heavy atom. The van der Waals surface area contributed by atoms with Crippen molar-refractivity contribution in [2.45, 2.75) is 49.1 Å². The first-order chi connectivity index (χ1) is 14.7. The Morgan fingerprint density at radius 2 is 1.83 bits per heavy atom. The molecule has 1 atom stereocenters. The van der Waals surface area contributed by atoms with Crippen molar-refractivity contribution in [3.05, 3.63) is 36.2 Å². The van der Waals surface area contributed by atoms with E-state index in [1.165, 1.54) is 25.7 Å². The van der Waals surface area contributed by atoms with Gasteiger partial charge in [-0.25, -0.2) is 0 Å². The van der Waals surface area contributed by atoms with Gasteiger partial charge in [-0.05, 0) is 44.7 Å². The minimum atomic E-state index is -0.0419. The Labute approximate surface area is 179 Å². The van der Waals surface area contributed by atoms with Gasteiger partial charge in [0.15, 0.2) is 5.16 Å². The molecule has 3 heterocycles. The van der Waals surface area contributed by atoms with E-state index in [9.17, 15) is 0 Å². The third-order valence-electron chi connectivity index (χ3n) is 5.29. The molecule has 0 unspecified atom stereocenters. The second-order valence-electron chi connectivity index (χ2n) is 7.70. The number of nitrogens with two attached hydrogens (primary N) is 1. The molecule has 3 aromatic rings. The molecule has 156 valence electrons. The summed E-state index contributed by atoms with van der Waals surface area (Å²) < 4.78 is 2.31. The molecule has 2 fully saturated rings. The fourth-order valence-corrected chi connectivity index (χ4v) is 4.60. The van der Waals surface area contributed by atoms with Crippen LogP contribution in [0, 0.1) is 0 Å². The molecule has 0 radical (unpaired) electrons. The maximum absolute atomic E-state index is 5.97. The number of anilines is 4. The van der Waals surface area contributed by atoms with Crippen molar-refractivity contribution < 1.29 is 0 Å². The molecular formula is C20H25N9S. The lowest BCUT2D eigenvalue weighted by Gasteiger charge is -2.18. The Bertz CT molecular complexity index is 1010. The van der Waals surface area contributed by atoms with Crippen molar-refractivity contribution in [1.29, 1.82) is 0 Å². The van der Waals surface area contributed by atoms with Crippen LogP contribution < -0.4 is 16.0 Å². The van der Waals surface area contributed by atoms with Crippen LogP contribution in [0.2, 0.25) is 0 Å². The van der Waals surface area contributed by atoms with E-state index in [1.807, 2.05) is 30.3 Å². The van der Waals surface area contributed by atoms with Gasteiger partial charge in [0.05, 0.1) is 5.25 Å². The monoisotopic (exact) mass is 423 g/mol. The predicted octanol–water partition coefficient (Wildman–Crippen LogP) is 3.58. The second kappa shape index (κ2) is 8.10. The number of para-hydroxylation sites is 1. The first-order valence-corrected chi connectivity index (χ1v) is 11.3. The number of benzene rings is 1. The van der Waals surface area contributed by atoms with E-state index in [4.69, 9.17) is 5.73 Å². The van der Waals surface area contributed by atoms with Gasteiger partial charge in [-0.3, -0.25) is 4.57 Å². The Morgan fingerprint density at radius 1 is 1.07 bits per heavy atom. The van der Waals surface area contributed by atoms with E-state index in [2.05, 4.69) is 46.9 Å². The zero-order valence-electron chi connectivity index (χ0n) is 16.9. The summed E-state index contributed by atoms with van der Waals surface area (Å²) in [5, 5.41) is 13.1. The van der Waals surface area contributed by atoms with Crippen LogP contribution in [0.15, 0.2) is 35.5 Å². The number of nitrogens with one attached hydrogen (secondary N) is 1. The fourth-order valence-electron chi connectivity index (χ4n) is 3.64. The quantitative estimate of drug-likeness (QED) is 0.551. The SMILES string of the molecule is C[C@H](Sc1nnc(N2CCCC2)n1C1CC1)c1nc(N)nc(Nc2ccccc2)n1. The summed E-state index contributed by atoms with van der Waals surface area (Å²) in [6.07, 6.45) is 4.81. The molecular weight excluding hydrogens is 398 g/mol. The molecule has 1 aliphatic carbocycles. The lowest BCUT2D eigenvalue weighted by molar-refractivity contribution is 0.650. The predicted molar refractivity (Wildman–Crippen MR) is 118 cm³/mol. The van der Waals surface area contributed by atoms with Crippen LogP contribution in [0.3, 0.4) is 0 Å². The van der Waals surface area contributed by atoms with Crippen LogP contribution in [-0.4, -0.2) is 42.8 Å². The summed E-state index contributed by atoms with van der Waals surface area (Å²) in [6.45, 7) is 4.18. The lowest BCUT2D eigenvalue weighted by atomic mass is 10.3. The third kappa shape index (κ3) is 4.04. The summed E-state index contributed by atoms with van der Waals surface area (Å²) >= 11 is 1.62. The number of aromatic nitrogens is 6. The molecule has 9 nitrogen and oxygen atoms in total. The van der Waals surface area contributed by atoms with Gasteiger partial charge in [-0.1, -0.05) is 30.0 Å². The Kier molecular flexibility index (Phi) is 5.16. The van der Waals surface area contributed by atoms with Gasteiger partial charge in [0.2, 0.25) is 17.8 Å². The summed E-state index contributed by atoms with van der Waals surface area (Å²) in [5.74, 6) is 2.27. The van der Waals surface area contributed by atoms with Gasteiger partial charge in [0.1, 0.15) is 5.82 Å². The molecule has 1 aromatic carbocycles. The minimum Gasteiger partial charge on any atom is -0.368 e. The summed E-state index contributed by atoms with van der Waals surface area (Å²) in [5.41, 5.74) is 6.87. The lowest BCUT2D eigenvalue weighted by Crippen LogP contribution is -2.22. The summed E-state index contributed by atoms with van der Waals surface area (Å²) in [4.78, 5) is 15.5. The number of hydrogen-bond acceptors (Lipinski definition) is 9. The van der Waals surface area contributed by atoms with Crippen LogP contribution in [0.25, 0.3) is 0 Å². The zero-order chi connectivity index (χ0) is 20.5. The number of nitrogens with zero attached hydrogens (tertiary/aromatic N) is 7. The van der Waals surface area contributed by atoms with Crippen molar-refractivity contribution in [3.8, 4) is 0 Å². The number of rotatable bonds is 7. The number of hydrogen-bond donors (Lipinski definition) is 2. The van der Waals surface area contributed by atoms with Crippen LogP contribution in [0.5, 0.6) is 0 Å². The van der Waals surface area contributed by atoms with Crippen LogP contribution >= 0.6 is 11.8 Å². The van der Waals surface area contributed by atoms with Crippen LogP contribution in [0.1, 0.15) is 49.7 Å². The number of nitrogen functional groups attached to an aromatic ring is 1. The molecule has 10 heteroatoms. The van der Waals surface area contributed by atoms with Crippen molar-refractivity contribution in [1.82, 2.24) is 29.7 Å². The molecule has 1 saturated heterocycles.